The number of ether oxygens (including phenoxy) is 3. The molecule has 2 spiro atoms. The van der Waals surface area contributed by atoms with Crippen molar-refractivity contribution in [1.82, 2.24) is 0 Å². The maximum Gasteiger partial charge on any atom is 0.312 e. The lowest BCUT2D eigenvalue weighted by Crippen LogP contribution is -2.66. The second-order valence-corrected chi connectivity index (χ2v) is 11.1. The van der Waals surface area contributed by atoms with Gasteiger partial charge in [0.05, 0.1) is 25.2 Å². The monoisotopic (exact) mass is 430 g/mol. The summed E-state index contributed by atoms with van der Waals surface area (Å²) in [7, 11) is 1.35. The first-order chi connectivity index (χ1) is 14.6. The lowest BCUT2D eigenvalue weighted by Gasteiger charge is -2.59. The van der Waals surface area contributed by atoms with Crippen LogP contribution in [-0.4, -0.2) is 53.3 Å². The molecule has 0 aromatic carbocycles. The molecule has 0 bridgehead atoms. The van der Waals surface area contributed by atoms with Crippen molar-refractivity contribution in [3.63, 3.8) is 0 Å². The summed E-state index contributed by atoms with van der Waals surface area (Å²) >= 11 is 0. The van der Waals surface area contributed by atoms with Gasteiger partial charge in [-0.15, -0.1) is 0 Å². The molecule has 9 atom stereocenters. The number of fused-ring (bicyclic) bond motifs is 4. The van der Waals surface area contributed by atoms with Crippen molar-refractivity contribution < 1.29 is 33.7 Å². The zero-order valence-electron chi connectivity index (χ0n) is 18.3. The molecule has 0 aromatic heterocycles. The Morgan fingerprint density at radius 3 is 2.65 bits per heavy atom. The summed E-state index contributed by atoms with van der Waals surface area (Å²) in [6.45, 7) is 4.28. The van der Waals surface area contributed by atoms with Crippen molar-refractivity contribution in [2.24, 2.45) is 28.6 Å². The van der Waals surface area contributed by atoms with Crippen LogP contribution in [0.3, 0.4) is 0 Å². The minimum atomic E-state index is -1.08. The molecule has 9 unspecified atom stereocenters. The van der Waals surface area contributed by atoms with E-state index in [4.69, 9.17) is 14.2 Å². The molecule has 0 aromatic rings. The first kappa shape index (κ1) is 19.9. The van der Waals surface area contributed by atoms with Gasteiger partial charge in [-0.05, 0) is 49.7 Å². The molecule has 3 saturated carbocycles. The molecule has 7 heteroatoms. The summed E-state index contributed by atoms with van der Waals surface area (Å²) in [5.41, 5.74) is -1.29. The third-order valence-electron chi connectivity index (χ3n) is 10.3. The third kappa shape index (κ3) is 2.06. The van der Waals surface area contributed by atoms with E-state index in [1.165, 1.54) is 7.11 Å². The van der Waals surface area contributed by atoms with Crippen LogP contribution in [0.2, 0.25) is 0 Å². The van der Waals surface area contributed by atoms with Crippen LogP contribution in [-0.2, 0) is 28.6 Å². The van der Waals surface area contributed by atoms with Crippen molar-refractivity contribution >= 4 is 17.7 Å². The van der Waals surface area contributed by atoms with Gasteiger partial charge in [-0.2, -0.15) is 0 Å². The topological polar surface area (TPSA) is 102 Å². The predicted octanol–water partition coefficient (Wildman–Crippen LogP) is 2.10. The van der Waals surface area contributed by atoms with E-state index >= 15 is 0 Å². The molecule has 7 nitrogen and oxygen atoms in total. The van der Waals surface area contributed by atoms with Crippen LogP contribution in [0, 0.1) is 28.6 Å². The second-order valence-electron chi connectivity index (χ2n) is 11.1. The summed E-state index contributed by atoms with van der Waals surface area (Å²) in [4.78, 5) is 37.5. The summed E-state index contributed by atoms with van der Waals surface area (Å²) < 4.78 is 17.7. The first-order valence-corrected chi connectivity index (χ1v) is 11.5. The standard InChI is InChI=1S/C24H30O7/c1-21-7-4-12(25)10-14(21)19(27)17(20(28)29-3)18-13-5-8-23(9-6-16(26)31-23)22(13,2)11-15-24(18,21)30-15/h10,13,15,17-19,27H,4-9,11H2,1-3H3. The van der Waals surface area contributed by atoms with E-state index in [1.54, 1.807) is 6.08 Å². The molecule has 0 amide bonds. The fourth-order valence-electron chi connectivity index (χ4n) is 8.74. The SMILES string of the molecule is COC(=O)C1C(O)C2=CC(=O)CCC2(C)C23OC2CC2(C)C(CCC24CCC(=O)O4)C13. The molecule has 2 heterocycles. The van der Waals surface area contributed by atoms with Gasteiger partial charge in [-0.3, -0.25) is 14.4 Å². The van der Waals surface area contributed by atoms with Crippen molar-refractivity contribution in [3.8, 4) is 0 Å². The normalized spacial score (nSPS) is 54.3. The number of rotatable bonds is 1. The van der Waals surface area contributed by atoms with Gasteiger partial charge < -0.3 is 19.3 Å². The molecule has 5 fully saturated rings. The Labute approximate surface area is 181 Å². The summed E-state index contributed by atoms with van der Waals surface area (Å²) in [6.07, 6.45) is 4.91. The third-order valence-corrected chi connectivity index (χ3v) is 10.3. The van der Waals surface area contributed by atoms with E-state index < -0.39 is 34.6 Å². The summed E-state index contributed by atoms with van der Waals surface area (Å²) in [6, 6.07) is 0. The molecule has 31 heavy (non-hydrogen) atoms. The molecule has 4 aliphatic carbocycles. The molecule has 6 aliphatic rings. The smallest absolute Gasteiger partial charge is 0.312 e. The van der Waals surface area contributed by atoms with Crippen molar-refractivity contribution in [1.29, 1.82) is 0 Å². The number of aliphatic hydroxyl groups is 1. The number of hydrogen-bond donors (Lipinski definition) is 1. The lowest BCUT2D eigenvalue weighted by atomic mass is 9.43. The Morgan fingerprint density at radius 1 is 1.19 bits per heavy atom. The van der Waals surface area contributed by atoms with Gasteiger partial charge in [0.25, 0.3) is 0 Å². The number of methoxy groups -OCH3 is 1. The number of esters is 2. The molecular weight excluding hydrogens is 400 g/mol. The Bertz CT molecular complexity index is 940. The van der Waals surface area contributed by atoms with Crippen LogP contribution in [0.5, 0.6) is 0 Å². The van der Waals surface area contributed by atoms with Crippen LogP contribution < -0.4 is 0 Å². The molecular formula is C24H30O7. The predicted molar refractivity (Wildman–Crippen MR) is 107 cm³/mol. The van der Waals surface area contributed by atoms with Crippen LogP contribution >= 0.6 is 0 Å². The molecule has 0 radical (unpaired) electrons. The number of epoxide rings is 1. The molecule has 2 aliphatic heterocycles. The van der Waals surface area contributed by atoms with Gasteiger partial charge in [-0.1, -0.05) is 13.8 Å². The van der Waals surface area contributed by atoms with Crippen molar-refractivity contribution in [3.05, 3.63) is 11.6 Å². The van der Waals surface area contributed by atoms with Crippen LogP contribution in [0.1, 0.15) is 58.8 Å². The summed E-state index contributed by atoms with van der Waals surface area (Å²) in [5, 5.41) is 11.5. The van der Waals surface area contributed by atoms with Crippen molar-refractivity contribution in [2.75, 3.05) is 7.11 Å². The minimum Gasteiger partial charge on any atom is -0.469 e. The Kier molecular flexibility index (Phi) is 3.72. The van der Waals surface area contributed by atoms with Gasteiger partial charge in [-0.25, -0.2) is 0 Å². The van der Waals surface area contributed by atoms with Gasteiger partial charge in [0.15, 0.2) is 5.78 Å². The zero-order valence-corrected chi connectivity index (χ0v) is 18.3. The maximum atomic E-state index is 13.1. The van der Waals surface area contributed by atoms with Gasteiger partial charge in [0.2, 0.25) is 0 Å². The van der Waals surface area contributed by atoms with E-state index in [1.807, 2.05) is 0 Å². The molecule has 168 valence electrons. The van der Waals surface area contributed by atoms with E-state index in [-0.39, 0.29) is 35.1 Å². The summed E-state index contributed by atoms with van der Waals surface area (Å²) in [5.74, 6) is -1.59. The highest BCUT2D eigenvalue weighted by Crippen LogP contribution is 2.78. The van der Waals surface area contributed by atoms with Gasteiger partial charge in [0, 0.05) is 29.6 Å². The molecule has 6 rings (SSSR count). The number of hydrogen-bond acceptors (Lipinski definition) is 7. The van der Waals surface area contributed by atoms with E-state index in [0.717, 1.165) is 19.3 Å². The Hall–Kier alpha value is -1.73. The fourth-order valence-corrected chi connectivity index (χ4v) is 8.74. The quantitative estimate of drug-likeness (QED) is 0.502. The number of carbonyl (C=O) groups is 3. The molecule has 1 N–H and O–H groups in total. The number of aliphatic hydroxyl groups excluding tert-OH is 1. The maximum absolute atomic E-state index is 13.1. The number of carbonyl (C=O) groups excluding carboxylic acids is 3. The van der Waals surface area contributed by atoms with E-state index in [2.05, 4.69) is 13.8 Å². The Morgan fingerprint density at radius 2 is 1.97 bits per heavy atom. The van der Waals surface area contributed by atoms with Crippen molar-refractivity contribution in [2.45, 2.75) is 82.2 Å². The van der Waals surface area contributed by atoms with Crippen LogP contribution in [0.4, 0.5) is 0 Å². The minimum absolute atomic E-state index is 0.0134. The van der Waals surface area contributed by atoms with E-state index in [9.17, 15) is 19.5 Å². The lowest BCUT2D eigenvalue weighted by molar-refractivity contribution is -0.179. The van der Waals surface area contributed by atoms with E-state index in [0.29, 0.717) is 31.3 Å². The average molecular weight is 430 g/mol. The average Bonchev–Trinajstić information content (AvgIpc) is 3.23. The van der Waals surface area contributed by atoms with Crippen LogP contribution in [0.25, 0.3) is 0 Å². The zero-order chi connectivity index (χ0) is 22.0. The second kappa shape index (κ2) is 5.79. The van der Waals surface area contributed by atoms with Crippen LogP contribution in [0.15, 0.2) is 11.6 Å². The highest BCUT2D eigenvalue weighted by atomic mass is 16.6. The largest absolute Gasteiger partial charge is 0.469 e. The highest BCUT2D eigenvalue weighted by molar-refractivity contribution is 5.92. The first-order valence-electron chi connectivity index (χ1n) is 11.5. The fraction of sp³-hybridized carbons (Fsp3) is 0.792. The van der Waals surface area contributed by atoms with Gasteiger partial charge in [0.1, 0.15) is 11.2 Å². The van der Waals surface area contributed by atoms with Gasteiger partial charge >= 0.3 is 11.9 Å². The highest BCUT2D eigenvalue weighted by Gasteiger charge is 2.84. The Balaban J connectivity index is 1.52. The molecule has 2 saturated heterocycles. The number of ketones is 1.